The minimum atomic E-state index is -0.986. The molecular formula is C24H17ClN4O3. The molecule has 8 heteroatoms. The molecule has 1 amide bonds. The Morgan fingerprint density at radius 1 is 1.12 bits per heavy atom. The molecule has 3 heterocycles. The van der Waals surface area contributed by atoms with Gasteiger partial charge in [-0.2, -0.15) is 0 Å². The van der Waals surface area contributed by atoms with Gasteiger partial charge in [0.2, 0.25) is 5.91 Å². The number of hydrogen-bond donors (Lipinski definition) is 1. The van der Waals surface area contributed by atoms with E-state index in [1.165, 1.54) is 0 Å². The lowest BCUT2D eigenvalue weighted by atomic mass is 9.99. The highest BCUT2D eigenvalue weighted by Gasteiger charge is 2.59. The molecule has 158 valence electrons. The summed E-state index contributed by atoms with van der Waals surface area (Å²) in [5.74, 6) is -0.245. The lowest BCUT2D eigenvalue weighted by molar-refractivity contribution is -0.120. The second-order valence-electron chi connectivity index (χ2n) is 8.21. The molecule has 32 heavy (non-hydrogen) atoms. The van der Waals surface area contributed by atoms with Crippen LogP contribution in [0.5, 0.6) is 0 Å². The van der Waals surface area contributed by atoms with Crippen LogP contribution < -0.4 is 4.90 Å². The van der Waals surface area contributed by atoms with E-state index >= 15 is 0 Å². The number of carboxylic acid groups (broad SMARTS) is 1. The fraction of sp³-hybridized carbons (Fsp3) is 0.167. The van der Waals surface area contributed by atoms with Crippen LogP contribution in [0.1, 0.15) is 34.6 Å². The number of carbonyl (C=O) groups excluding carboxylic acids is 1. The molecule has 0 radical (unpaired) electrons. The van der Waals surface area contributed by atoms with Gasteiger partial charge in [-0.3, -0.25) is 14.3 Å². The number of carbonyl (C=O) groups is 2. The Hall–Kier alpha value is -3.71. The van der Waals surface area contributed by atoms with Gasteiger partial charge in [-0.1, -0.05) is 11.6 Å². The van der Waals surface area contributed by atoms with E-state index in [1.54, 1.807) is 53.7 Å². The number of amides is 1. The predicted octanol–water partition coefficient (Wildman–Crippen LogP) is 4.35. The average Bonchev–Trinajstić information content (AvgIpc) is 3.48. The second-order valence-corrected chi connectivity index (χ2v) is 8.65. The van der Waals surface area contributed by atoms with Crippen molar-refractivity contribution < 1.29 is 14.7 Å². The van der Waals surface area contributed by atoms with E-state index in [-0.39, 0.29) is 18.0 Å². The Morgan fingerprint density at radius 3 is 2.62 bits per heavy atom. The van der Waals surface area contributed by atoms with Crippen LogP contribution >= 0.6 is 11.6 Å². The normalized spacial score (nSPS) is 16.0. The van der Waals surface area contributed by atoms with Crippen molar-refractivity contribution in [1.82, 2.24) is 14.5 Å². The zero-order valence-corrected chi connectivity index (χ0v) is 17.6. The summed E-state index contributed by atoms with van der Waals surface area (Å²) in [7, 11) is 0. The molecule has 6 rings (SSSR count). The molecule has 1 fully saturated rings. The van der Waals surface area contributed by atoms with Gasteiger partial charge < -0.3 is 10.0 Å². The van der Waals surface area contributed by atoms with E-state index in [0.29, 0.717) is 16.4 Å². The molecule has 0 bridgehead atoms. The van der Waals surface area contributed by atoms with E-state index in [4.69, 9.17) is 16.6 Å². The van der Waals surface area contributed by atoms with Crippen LogP contribution in [0.3, 0.4) is 0 Å². The lowest BCUT2D eigenvalue weighted by Gasteiger charge is -2.18. The third-order valence-electron chi connectivity index (χ3n) is 6.37. The van der Waals surface area contributed by atoms with Crippen molar-refractivity contribution in [1.29, 1.82) is 0 Å². The fourth-order valence-corrected chi connectivity index (χ4v) is 4.81. The molecule has 2 aromatic carbocycles. The second kappa shape index (κ2) is 6.64. The number of hydrogen-bond acceptors (Lipinski definition) is 4. The van der Waals surface area contributed by atoms with E-state index in [9.17, 15) is 14.7 Å². The van der Waals surface area contributed by atoms with Crippen LogP contribution in [0.4, 0.5) is 5.69 Å². The number of imidazole rings is 1. The summed E-state index contributed by atoms with van der Waals surface area (Å²) in [6.07, 6.45) is 5.17. The maximum absolute atomic E-state index is 13.4. The number of pyridine rings is 1. The predicted molar refractivity (Wildman–Crippen MR) is 119 cm³/mol. The summed E-state index contributed by atoms with van der Waals surface area (Å²) in [6.45, 7) is 0.270. The third-order valence-corrected chi connectivity index (χ3v) is 6.60. The number of anilines is 1. The average molecular weight is 445 g/mol. The molecule has 1 N–H and O–H groups in total. The number of aromatic nitrogens is 3. The van der Waals surface area contributed by atoms with Gasteiger partial charge in [0.25, 0.3) is 0 Å². The SMILES string of the molecule is O=C(O)c1ccc(-n2c(CN3C(=O)C4(CC4)c4ccncc43)nc3cc(Cl)ccc32)cc1. The molecule has 2 aliphatic rings. The molecule has 1 aliphatic carbocycles. The highest BCUT2D eigenvalue weighted by molar-refractivity contribution is 6.31. The Labute approximate surface area is 187 Å². The van der Waals surface area contributed by atoms with Crippen LogP contribution in [0.2, 0.25) is 5.02 Å². The molecular weight excluding hydrogens is 428 g/mol. The monoisotopic (exact) mass is 444 g/mol. The lowest BCUT2D eigenvalue weighted by Crippen LogP contribution is -2.32. The highest BCUT2D eigenvalue weighted by Crippen LogP contribution is 2.57. The van der Waals surface area contributed by atoms with Gasteiger partial charge in [-0.25, -0.2) is 9.78 Å². The van der Waals surface area contributed by atoms with Crippen LogP contribution in [-0.4, -0.2) is 31.5 Å². The zero-order chi connectivity index (χ0) is 22.0. The number of carboxylic acids is 1. The first-order valence-corrected chi connectivity index (χ1v) is 10.6. The quantitative estimate of drug-likeness (QED) is 0.505. The zero-order valence-electron chi connectivity index (χ0n) is 16.8. The van der Waals surface area contributed by atoms with Crippen molar-refractivity contribution in [3.8, 4) is 5.69 Å². The van der Waals surface area contributed by atoms with Crippen LogP contribution in [0.15, 0.2) is 60.9 Å². The Bertz CT molecular complexity index is 1420. The van der Waals surface area contributed by atoms with E-state index in [1.807, 2.05) is 16.7 Å². The minimum Gasteiger partial charge on any atom is -0.478 e. The molecule has 1 saturated carbocycles. The van der Waals surface area contributed by atoms with Crippen molar-refractivity contribution in [3.05, 3.63) is 82.9 Å². The summed E-state index contributed by atoms with van der Waals surface area (Å²) < 4.78 is 1.94. The van der Waals surface area contributed by atoms with Gasteiger partial charge in [0.15, 0.2) is 0 Å². The number of benzene rings is 2. The summed E-state index contributed by atoms with van der Waals surface area (Å²) in [6, 6.07) is 14.0. The van der Waals surface area contributed by atoms with Crippen molar-refractivity contribution in [3.63, 3.8) is 0 Å². The van der Waals surface area contributed by atoms with Gasteiger partial charge >= 0.3 is 5.97 Å². The molecule has 2 aromatic heterocycles. The maximum Gasteiger partial charge on any atom is 0.335 e. The fourth-order valence-electron chi connectivity index (χ4n) is 4.65. The molecule has 1 aliphatic heterocycles. The van der Waals surface area contributed by atoms with E-state index in [0.717, 1.165) is 35.3 Å². The van der Waals surface area contributed by atoms with Crippen LogP contribution in [0.25, 0.3) is 16.7 Å². The first-order valence-electron chi connectivity index (χ1n) is 10.2. The number of halogens is 1. The Balaban J connectivity index is 1.49. The van der Waals surface area contributed by atoms with Gasteiger partial charge in [-0.05, 0) is 66.9 Å². The largest absolute Gasteiger partial charge is 0.478 e. The smallest absolute Gasteiger partial charge is 0.335 e. The van der Waals surface area contributed by atoms with Crippen molar-refractivity contribution in [2.75, 3.05) is 4.90 Å². The van der Waals surface area contributed by atoms with Crippen molar-refractivity contribution in [2.24, 2.45) is 0 Å². The summed E-state index contributed by atoms with van der Waals surface area (Å²) >= 11 is 6.20. The van der Waals surface area contributed by atoms with Crippen LogP contribution in [0, 0.1) is 0 Å². The summed E-state index contributed by atoms with van der Waals surface area (Å²) in [4.78, 5) is 35.4. The first-order chi connectivity index (χ1) is 15.5. The first kappa shape index (κ1) is 19.0. The molecule has 0 saturated heterocycles. The number of fused-ring (bicyclic) bond motifs is 3. The van der Waals surface area contributed by atoms with Gasteiger partial charge in [0, 0.05) is 16.9 Å². The minimum absolute atomic E-state index is 0.0818. The van der Waals surface area contributed by atoms with Gasteiger partial charge in [-0.15, -0.1) is 0 Å². The van der Waals surface area contributed by atoms with Gasteiger partial charge in [0.1, 0.15) is 5.82 Å². The molecule has 0 atom stereocenters. The summed E-state index contributed by atoms with van der Waals surface area (Å²) in [5, 5.41) is 9.81. The third kappa shape index (κ3) is 2.67. The van der Waals surface area contributed by atoms with Crippen molar-refractivity contribution >= 4 is 40.2 Å². The number of aromatic carboxylic acids is 1. The Kier molecular flexibility index (Phi) is 3.95. The van der Waals surface area contributed by atoms with Crippen molar-refractivity contribution in [2.45, 2.75) is 24.8 Å². The molecule has 0 unspecified atom stereocenters. The molecule has 7 nitrogen and oxygen atoms in total. The maximum atomic E-state index is 13.4. The topological polar surface area (TPSA) is 88.3 Å². The highest BCUT2D eigenvalue weighted by atomic mass is 35.5. The van der Waals surface area contributed by atoms with Gasteiger partial charge in [0.05, 0.1) is 40.4 Å². The Morgan fingerprint density at radius 2 is 1.91 bits per heavy atom. The van der Waals surface area contributed by atoms with E-state index < -0.39 is 11.4 Å². The summed E-state index contributed by atoms with van der Waals surface area (Å²) in [5.41, 5.74) is 3.94. The standard InChI is InChI=1S/C24H17ClN4O3/c25-15-3-6-19-18(11-15)27-21(29(19)16-4-1-14(2-5-16)22(30)31)13-28-20-12-26-10-7-17(20)24(8-9-24)23(28)32/h1-7,10-12H,8-9,13H2,(H,30,31). The molecule has 4 aromatic rings. The number of rotatable bonds is 4. The number of nitrogens with zero attached hydrogens (tertiary/aromatic N) is 4. The molecule has 1 spiro atoms. The van der Waals surface area contributed by atoms with Crippen LogP contribution in [-0.2, 0) is 16.8 Å². The van der Waals surface area contributed by atoms with E-state index in [2.05, 4.69) is 4.98 Å².